The summed E-state index contributed by atoms with van der Waals surface area (Å²) in [6.45, 7) is 2.06. The van der Waals surface area contributed by atoms with Crippen molar-refractivity contribution in [1.82, 2.24) is 10.2 Å². The monoisotopic (exact) mass is 284 g/mol. The Bertz CT molecular complexity index is 581. The number of aromatic amines is 1. The van der Waals surface area contributed by atoms with Crippen molar-refractivity contribution in [3.8, 4) is 11.3 Å². The van der Waals surface area contributed by atoms with E-state index in [1.54, 1.807) is 25.1 Å². The number of hydrogen-bond donors (Lipinski definition) is 1. The van der Waals surface area contributed by atoms with Gasteiger partial charge >= 0.3 is 5.97 Å². The molecule has 2 aromatic rings. The molecule has 2 rings (SSSR count). The number of ether oxygens (including phenoxy) is 1. The number of carbonyl (C=O) groups excluding carboxylic acids is 1. The largest absolute Gasteiger partial charge is 0.462 e. The molecule has 0 aliphatic carbocycles. The van der Waals surface area contributed by atoms with Crippen LogP contribution in [0, 0.1) is 0 Å². The minimum atomic E-state index is -0.424. The molecule has 4 nitrogen and oxygen atoms in total. The van der Waals surface area contributed by atoms with Crippen LogP contribution in [0.25, 0.3) is 11.3 Å². The SMILES string of the molecule is CCOC(=O)c1cn[nH]c1-c1ccc(Cl)c(Cl)c1. The molecule has 1 aromatic heterocycles. The summed E-state index contributed by atoms with van der Waals surface area (Å²) >= 11 is 11.8. The summed E-state index contributed by atoms with van der Waals surface area (Å²) in [5.41, 5.74) is 1.66. The van der Waals surface area contributed by atoms with E-state index >= 15 is 0 Å². The maximum absolute atomic E-state index is 11.7. The van der Waals surface area contributed by atoms with E-state index in [2.05, 4.69) is 10.2 Å². The van der Waals surface area contributed by atoms with Gasteiger partial charge < -0.3 is 4.74 Å². The lowest BCUT2D eigenvalue weighted by Crippen LogP contribution is -2.04. The van der Waals surface area contributed by atoms with Crippen LogP contribution < -0.4 is 0 Å². The number of rotatable bonds is 3. The van der Waals surface area contributed by atoms with Crippen LogP contribution in [0.4, 0.5) is 0 Å². The molecule has 0 aliphatic rings. The molecule has 94 valence electrons. The van der Waals surface area contributed by atoms with Crippen LogP contribution in [-0.4, -0.2) is 22.8 Å². The number of halogens is 2. The minimum Gasteiger partial charge on any atom is -0.462 e. The fourth-order valence-corrected chi connectivity index (χ4v) is 1.82. The lowest BCUT2D eigenvalue weighted by molar-refractivity contribution is 0.0527. The lowest BCUT2D eigenvalue weighted by Gasteiger charge is -2.04. The number of benzene rings is 1. The molecule has 0 atom stereocenters. The fourth-order valence-electron chi connectivity index (χ4n) is 1.52. The zero-order valence-corrected chi connectivity index (χ0v) is 11.0. The highest BCUT2D eigenvalue weighted by molar-refractivity contribution is 6.42. The molecule has 0 unspecified atom stereocenters. The molecule has 1 aromatic carbocycles. The van der Waals surface area contributed by atoms with E-state index in [4.69, 9.17) is 27.9 Å². The number of nitrogens with one attached hydrogen (secondary N) is 1. The van der Waals surface area contributed by atoms with Gasteiger partial charge in [-0.15, -0.1) is 0 Å². The highest BCUT2D eigenvalue weighted by Gasteiger charge is 2.16. The molecule has 18 heavy (non-hydrogen) atoms. The predicted octanol–water partition coefficient (Wildman–Crippen LogP) is 3.56. The quantitative estimate of drug-likeness (QED) is 0.877. The zero-order valence-electron chi connectivity index (χ0n) is 9.54. The first kappa shape index (κ1) is 12.9. The number of esters is 1. The van der Waals surface area contributed by atoms with Crippen molar-refractivity contribution >= 4 is 29.2 Å². The van der Waals surface area contributed by atoms with Gasteiger partial charge in [0, 0.05) is 5.56 Å². The third-order valence-electron chi connectivity index (χ3n) is 2.34. The number of hydrogen-bond acceptors (Lipinski definition) is 3. The average Bonchev–Trinajstić information content (AvgIpc) is 2.82. The van der Waals surface area contributed by atoms with Crippen LogP contribution in [0.15, 0.2) is 24.4 Å². The Labute approximate surface area is 114 Å². The van der Waals surface area contributed by atoms with E-state index in [1.165, 1.54) is 6.20 Å². The second-order valence-corrected chi connectivity index (χ2v) is 4.32. The topological polar surface area (TPSA) is 55.0 Å². The first-order valence-corrected chi connectivity index (χ1v) is 6.05. The Morgan fingerprint density at radius 1 is 1.39 bits per heavy atom. The molecule has 0 amide bonds. The van der Waals surface area contributed by atoms with Gasteiger partial charge in [0.05, 0.1) is 28.5 Å². The number of H-pyrrole nitrogens is 1. The highest BCUT2D eigenvalue weighted by atomic mass is 35.5. The molecule has 0 saturated carbocycles. The third kappa shape index (κ3) is 2.49. The van der Waals surface area contributed by atoms with Crippen molar-refractivity contribution in [3.05, 3.63) is 40.0 Å². The molecule has 0 bridgehead atoms. The van der Waals surface area contributed by atoms with Crippen molar-refractivity contribution in [2.24, 2.45) is 0 Å². The summed E-state index contributed by atoms with van der Waals surface area (Å²) in [6, 6.07) is 5.08. The summed E-state index contributed by atoms with van der Waals surface area (Å²) in [5, 5.41) is 7.48. The van der Waals surface area contributed by atoms with Crippen LogP contribution in [0.2, 0.25) is 10.0 Å². The van der Waals surface area contributed by atoms with Crippen molar-refractivity contribution in [2.45, 2.75) is 6.92 Å². The van der Waals surface area contributed by atoms with Gasteiger partial charge in [-0.25, -0.2) is 4.79 Å². The first-order valence-electron chi connectivity index (χ1n) is 5.29. The molecule has 1 N–H and O–H groups in total. The normalized spacial score (nSPS) is 10.4. The zero-order chi connectivity index (χ0) is 13.1. The van der Waals surface area contributed by atoms with Crippen molar-refractivity contribution in [3.63, 3.8) is 0 Å². The Kier molecular flexibility index (Phi) is 3.89. The third-order valence-corrected chi connectivity index (χ3v) is 3.08. The van der Waals surface area contributed by atoms with Gasteiger partial charge in [0.1, 0.15) is 5.56 Å². The van der Waals surface area contributed by atoms with E-state index in [0.717, 1.165) is 5.56 Å². The van der Waals surface area contributed by atoms with Crippen LogP contribution in [0.1, 0.15) is 17.3 Å². The second-order valence-electron chi connectivity index (χ2n) is 3.51. The average molecular weight is 285 g/mol. The summed E-state index contributed by atoms with van der Waals surface area (Å²) < 4.78 is 4.94. The highest BCUT2D eigenvalue weighted by Crippen LogP contribution is 2.29. The van der Waals surface area contributed by atoms with E-state index < -0.39 is 5.97 Å². The summed E-state index contributed by atoms with van der Waals surface area (Å²) in [4.78, 5) is 11.7. The Hall–Kier alpha value is -1.52. The minimum absolute atomic E-state index is 0.310. The summed E-state index contributed by atoms with van der Waals surface area (Å²) in [7, 11) is 0. The molecule has 0 spiro atoms. The lowest BCUT2D eigenvalue weighted by atomic mass is 10.1. The Morgan fingerprint density at radius 3 is 2.83 bits per heavy atom. The van der Waals surface area contributed by atoms with Crippen molar-refractivity contribution in [2.75, 3.05) is 6.61 Å². The number of aromatic nitrogens is 2. The van der Waals surface area contributed by atoms with Crippen molar-refractivity contribution < 1.29 is 9.53 Å². The van der Waals surface area contributed by atoms with Gasteiger partial charge in [-0.3, -0.25) is 5.10 Å². The first-order chi connectivity index (χ1) is 8.63. The van der Waals surface area contributed by atoms with Gasteiger partial charge in [0.25, 0.3) is 0 Å². The van der Waals surface area contributed by atoms with Gasteiger partial charge in [0.15, 0.2) is 0 Å². The molecule has 6 heteroatoms. The Balaban J connectivity index is 2.42. The van der Waals surface area contributed by atoms with Crippen LogP contribution in [0.3, 0.4) is 0 Å². The molecular formula is C12H10Cl2N2O2. The predicted molar refractivity (Wildman–Crippen MR) is 70.0 cm³/mol. The Morgan fingerprint density at radius 2 is 2.17 bits per heavy atom. The molecule has 1 heterocycles. The van der Waals surface area contributed by atoms with Crippen molar-refractivity contribution in [1.29, 1.82) is 0 Å². The molecular weight excluding hydrogens is 275 g/mol. The van der Waals surface area contributed by atoms with Crippen LogP contribution in [0.5, 0.6) is 0 Å². The molecule has 0 saturated heterocycles. The van der Waals surface area contributed by atoms with Gasteiger partial charge in [-0.1, -0.05) is 29.3 Å². The van der Waals surface area contributed by atoms with Gasteiger partial charge in [-0.2, -0.15) is 5.10 Å². The van der Waals surface area contributed by atoms with Crippen LogP contribution in [-0.2, 0) is 4.74 Å². The standard InChI is InChI=1S/C12H10Cl2N2O2/c1-2-18-12(17)8-6-15-16-11(8)7-3-4-9(13)10(14)5-7/h3-6H,2H2,1H3,(H,15,16). The van der Waals surface area contributed by atoms with E-state index in [-0.39, 0.29) is 0 Å². The second kappa shape index (κ2) is 5.42. The smallest absolute Gasteiger partial charge is 0.341 e. The fraction of sp³-hybridized carbons (Fsp3) is 0.167. The van der Waals surface area contributed by atoms with E-state index in [9.17, 15) is 4.79 Å². The van der Waals surface area contributed by atoms with Gasteiger partial charge in [0.2, 0.25) is 0 Å². The number of carbonyl (C=O) groups is 1. The summed E-state index contributed by atoms with van der Waals surface area (Å²) in [6.07, 6.45) is 1.43. The molecule has 0 radical (unpaired) electrons. The summed E-state index contributed by atoms with van der Waals surface area (Å²) in [5.74, 6) is -0.424. The maximum Gasteiger partial charge on any atom is 0.341 e. The van der Waals surface area contributed by atoms with Gasteiger partial charge in [-0.05, 0) is 19.1 Å². The van der Waals surface area contributed by atoms with E-state index in [0.29, 0.717) is 27.9 Å². The maximum atomic E-state index is 11.7. The molecule has 0 fully saturated rings. The molecule has 0 aliphatic heterocycles. The van der Waals surface area contributed by atoms with Crippen LogP contribution >= 0.6 is 23.2 Å². The number of nitrogens with zero attached hydrogens (tertiary/aromatic N) is 1. The van der Waals surface area contributed by atoms with E-state index in [1.807, 2.05) is 0 Å².